The van der Waals surface area contributed by atoms with Crippen LogP contribution in [0.25, 0.3) is 11.3 Å². The first-order valence-corrected chi connectivity index (χ1v) is 9.65. The molecule has 0 bridgehead atoms. The highest BCUT2D eigenvalue weighted by atomic mass is 16.4. The zero-order valence-electron chi connectivity index (χ0n) is 15.5. The molecule has 2 aliphatic rings. The van der Waals surface area contributed by atoms with Gasteiger partial charge in [0.2, 0.25) is 5.91 Å². The Morgan fingerprint density at radius 2 is 2.00 bits per heavy atom. The van der Waals surface area contributed by atoms with Crippen molar-refractivity contribution in [2.45, 2.75) is 39.0 Å². The summed E-state index contributed by atoms with van der Waals surface area (Å²) in [4.78, 5) is 19.1. The van der Waals surface area contributed by atoms with E-state index in [9.17, 15) is 4.79 Å². The lowest BCUT2D eigenvalue weighted by molar-refractivity contribution is -0.133. The molecule has 4 rings (SSSR count). The van der Waals surface area contributed by atoms with Crippen molar-refractivity contribution in [3.05, 3.63) is 41.9 Å². The maximum atomic E-state index is 12.6. The van der Waals surface area contributed by atoms with Crippen molar-refractivity contribution in [1.82, 2.24) is 15.2 Å². The Morgan fingerprint density at radius 3 is 2.69 bits per heavy atom. The predicted molar refractivity (Wildman–Crippen MR) is 101 cm³/mol. The second-order valence-corrected chi connectivity index (χ2v) is 7.70. The van der Waals surface area contributed by atoms with Crippen molar-refractivity contribution < 1.29 is 9.21 Å². The number of hydrogen-bond acceptors (Lipinski definition) is 4. The van der Waals surface area contributed by atoms with Gasteiger partial charge in [-0.1, -0.05) is 30.3 Å². The highest BCUT2D eigenvalue weighted by Gasteiger charge is 2.37. The molecule has 0 aliphatic carbocycles. The topological polar surface area (TPSA) is 58.4 Å². The third-order valence-corrected chi connectivity index (χ3v) is 5.94. The minimum Gasteiger partial charge on any atom is -0.440 e. The number of piperidine rings is 1. The fourth-order valence-electron chi connectivity index (χ4n) is 4.24. The number of amides is 1. The molecule has 1 aromatic heterocycles. The van der Waals surface area contributed by atoms with Gasteiger partial charge in [-0.2, -0.15) is 0 Å². The van der Waals surface area contributed by atoms with Gasteiger partial charge < -0.3 is 14.6 Å². The van der Waals surface area contributed by atoms with Gasteiger partial charge in [0.25, 0.3) is 0 Å². The number of aromatic nitrogens is 1. The summed E-state index contributed by atoms with van der Waals surface area (Å²) in [5.74, 6) is 1.69. The highest BCUT2D eigenvalue weighted by molar-refractivity contribution is 5.76. The molecule has 0 saturated carbocycles. The van der Waals surface area contributed by atoms with Gasteiger partial charge in [0.1, 0.15) is 0 Å². The molecule has 138 valence electrons. The fourth-order valence-corrected chi connectivity index (χ4v) is 4.24. The van der Waals surface area contributed by atoms with Crippen molar-refractivity contribution in [1.29, 1.82) is 0 Å². The van der Waals surface area contributed by atoms with E-state index in [1.54, 1.807) is 0 Å². The third-order valence-electron chi connectivity index (χ3n) is 5.94. The molecule has 2 aromatic rings. The van der Waals surface area contributed by atoms with Gasteiger partial charge in [-0.15, -0.1) is 0 Å². The molecule has 2 aliphatic heterocycles. The Labute approximate surface area is 154 Å². The molecule has 0 radical (unpaired) electrons. The van der Waals surface area contributed by atoms with Crippen molar-refractivity contribution in [2.24, 2.45) is 5.41 Å². The zero-order valence-corrected chi connectivity index (χ0v) is 15.5. The molecule has 0 atom stereocenters. The normalized spacial score (nSPS) is 19.2. The van der Waals surface area contributed by atoms with E-state index in [0.29, 0.717) is 24.1 Å². The monoisotopic (exact) mass is 353 g/mol. The standard InChI is InChI=1S/C21H27N3O2/c1-16-20(17-5-3-2-4-6-17)26-18(23-16)7-8-19(25)24-13-10-21(11-14-24)9-12-22-15-21/h2-6,22H,7-15H2,1H3. The Bertz CT molecular complexity index is 753. The van der Waals surface area contributed by atoms with E-state index in [4.69, 9.17) is 4.42 Å². The lowest BCUT2D eigenvalue weighted by Gasteiger charge is -2.38. The molecular formula is C21H27N3O2. The van der Waals surface area contributed by atoms with Crippen LogP contribution in [0, 0.1) is 12.3 Å². The Morgan fingerprint density at radius 1 is 1.23 bits per heavy atom. The average molecular weight is 353 g/mol. The van der Waals surface area contributed by atoms with Crippen LogP contribution in [0.2, 0.25) is 0 Å². The number of likely N-dealkylation sites (tertiary alicyclic amines) is 1. The molecule has 0 unspecified atom stereocenters. The van der Waals surface area contributed by atoms with Gasteiger partial charge in [-0.25, -0.2) is 4.98 Å². The molecule has 1 spiro atoms. The van der Waals surface area contributed by atoms with Crippen LogP contribution in [0.1, 0.15) is 37.3 Å². The first-order chi connectivity index (χ1) is 12.7. The van der Waals surface area contributed by atoms with Crippen LogP contribution in [-0.2, 0) is 11.2 Å². The minimum atomic E-state index is 0.225. The SMILES string of the molecule is Cc1nc(CCC(=O)N2CCC3(CCNC3)CC2)oc1-c1ccccc1. The number of hydrogen-bond donors (Lipinski definition) is 1. The maximum Gasteiger partial charge on any atom is 0.223 e. The Hall–Kier alpha value is -2.14. The van der Waals surface area contributed by atoms with E-state index in [0.717, 1.165) is 56.0 Å². The summed E-state index contributed by atoms with van der Waals surface area (Å²) in [6.45, 7) is 5.98. The number of oxazole rings is 1. The van der Waals surface area contributed by atoms with Gasteiger partial charge in [0, 0.05) is 38.0 Å². The van der Waals surface area contributed by atoms with Crippen LogP contribution < -0.4 is 5.32 Å². The summed E-state index contributed by atoms with van der Waals surface area (Å²) < 4.78 is 5.92. The van der Waals surface area contributed by atoms with Crippen LogP contribution in [0.5, 0.6) is 0 Å². The number of nitrogens with one attached hydrogen (secondary N) is 1. The van der Waals surface area contributed by atoms with Crippen molar-refractivity contribution in [2.75, 3.05) is 26.2 Å². The van der Waals surface area contributed by atoms with Gasteiger partial charge in [-0.05, 0) is 38.1 Å². The first-order valence-electron chi connectivity index (χ1n) is 9.65. The summed E-state index contributed by atoms with van der Waals surface area (Å²) in [5, 5.41) is 3.47. The summed E-state index contributed by atoms with van der Waals surface area (Å²) in [5.41, 5.74) is 2.36. The van der Waals surface area contributed by atoms with E-state index in [2.05, 4.69) is 10.3 Å². The van der Waals surface area contributed by atoms with E-state index in [1.807, 2.05) is 42.2 Å². The average Bonchev–Trinajstić information content (AvgIpc) is 3.28. The van der Waals surface area contributed by atoms with Crippen LogP contribution >= 0.6 is 0 Å². The lowest BCUT2D eigenvalue weighted by Crippen LogP contribution is -2.44. The molecule has 2 fully saturated rings. The van der Waals surface area contributed by atoms with Gasteiger partial charge >= 0.3 is 0 Å². The number of rotatable bonds is 4. The third kappa shape index (κ3) is 3.54. The first kappa shape index (κ1) is 17.3. The zero-order chi connectivity index (χ0) is 18.0. The molecule has 1 N–H and O–H groups in total. The summed E-state index contributed by atoms with van der Waals surface area (Å²) in [6.07, 6.45) is 4.55. The van der Waals surface area contributed by atoms with E-state index in [-0.39, 0.29) is 5.91 Å². The van der Waals surface area contributed by atoms with Crippen molar-refractivity contribution in [3.8, 4) is 11.3 Å². The van der Waals surface area contributed by atoms with Crippen LogP contribution in [0.15, 0.2) is 34.7 Å². The second kappa shape index (κ2) is 7.23. The quantitative estimate of drug-likeness (QED) is 0.917. The second-order valence-electron chi connectivity index (χ2n) is 7.70. The summed E-state index contributed by atoms with van der Waals surface area (Å²) in [7, 11) is 0. The van der Waals surface area contributed by atoms with E-state index in [1.165, 1.54) is 6.42 Å². The lowest BCUT2D eigenvalue weighted by atomic mass is 9.78. The molecule has 1 amide bonds. The van der Waals surface area contributed by atoms with E-state index >= 15 is 0 Å². The molecular weight excluding hydrogens is 326 g/mol. The number of aryl methyl sites for hydroxylation is 2. The van der Waals surface area contributed by atoms with Gasteiger partial charge in [-0.3, -0.25) is 4.79 Å². The summed E-state index contributed by atoms with van der Waals surface area (Å²) >= 11 is 0. The van der Waals surface area contributed by atoms with Crippen molar-refractivity contribution >= 4 is 5.91 Å². The number of nitrogens with zero attached hydrogens (tertiary/aromatic N) is 2. The van der Waals surface area contributed by atoms with E-state index < -0.39 is 0 Å². The fraction of sp³-hybridized carbons (Fsp3) is 0.524. The maximum absolute atomic E-state index is 12.6. The minimum absolute atomic E-state index is 0.225. The molecule has 5 heteroatoms. The highest BCUT2D eigenvalue weighted by Crippen LogP contribution is 2.37. The summed E-state index contributed by atoms with van der Waals surface area (Å²) in [6, 6.07) is 10.00. The molecule has 2 saturated heterocycles. The molecule has 26 heavy (non-hydrogen) atoms. The number of carbonyl (C=O) groups excluding carboxylic acids is 1. The smallest absolute Gasteiger partial charge is 0.223 e. The Kier molecular flexibility index (Phi) is 4.81. The molecule has 5 nitrogen and oxygen atoms in total. The van der Waals surface area contributed by atoms with Crippen LogP contribution in [-0.4, -0.2) is 42.0 Å². The number of benzene rings is 1. The van der Waals surface area contributed by atoms with Gasteiger partial charge in [0.05, 0.1) is 5.69 Å². The van der Waals surface area contributed by atoms with Crippen LogP contribution in [0.3, 0.4) is 0 Å². The molecule has 1 aromatic carbocycles. The number of carbonyl (C=O) groups is 1. The molecule has 3 heterocycles. The largest absolute Gasteiger partial charge is 0.440 e. The predicted octanol–water partition coefficient (Wildman–Crippen LogP) is 3.18. The van der Waals surface area contributed by atoms with Crippen molar-refractivity contribution in [3.63, 3.8) is 0 Å². The Balaban J connectivity index is 1.32. The van der Waals surface area contributed by atoms with Gasteiger partial charge in [0.15, 0.2) is 11.7 Å². The van der Waals surface area contributed by atoms with Crippen LogP contribution in [0.4, 0.5) is 0 Å².